The van der Waals surface area contributed by atoms with Crippen molar-refractivity contribution >= 4 is 0 Å². The summed E-state index contributed by atoms with van der Waals surface area (Å²) in [5.74, 6) is 2.76. The summed E-state index contributed by atoms with van der Waals surface area (Å²) in [5, 5.41) is 10.6. The molecule has 0 saturated heterocycles. The van der Waals surface area contributed by atoms with E-state index >= 15 is 0 Å². The van der Waals surface area contributed by atoms with Crippen LogP contribution in [0, 0.1) is 41.4 Å². The smallest absolute Gasteiger partial charge is 0.0920 e. The minimum Gasteiger partial charge on any atom is -0.382 e. The second kappa shape index (κ2) is 67.3. The maximum atomic E-state index is 4.22. The number of hydrogen-bond donors (Lipinski definition) is 3. The van der Waals surface area contributed by atoms with Crippen LogP contribution in [0.2, 0.25) is 0 Å². The molecule has 74 heavy (non-hydrogen) atoms. The molecule has 0 aromatic carbocycles. The van der Waals surface area contributed by atoms with Crippen LogP contribution < -0.4 is 16.0 Å². The van der Waals surface area contributed by atoms with Gasteiger partial charge in [0.25, 0.3) is 0 Å². The van der Waals surface area contributed by atoms with E-state index in [0.29, 0.717) is 17.9 Å². The molecule has 0 aromatic rings. The highest BCUT2D eigenvalue weighted by Crippen LogP contribution is 2.29. The van der Waals surface area contributed by atoms with E-state index in [9.17, 15) is 0 Å². The minimum atomic E-state index is 0. The van der Waals surface area contributed by atoms with Crippen molar-refractivity contribution in [3.8, 4) is 12.8 Å². The molecule has 0 radical (unpaired) electrons. The van der Waals surface area contributed by atoms with Crippen molar-refractivity contribution in [2.75, 3.05) is 20.6 Å². The van der Waals surface area contributed by atoms with Gasteiger partial charge in [-0.25, -0.2) is 0 Å². The van der Waals surface area contributed by atoms with E-state index < -0.39 is 0 Å². The van der Waals surface area contributed by atoms with E-state index in [2.05, 4.69) is 223 Å². The molecular weight excluding hydrogens is 897 g/mol. The van der Waals surface area contributed by atoms with Crippen LogP contribution in [-0.4, -0.2) is 43.7 Å². The Bertz CT molecular complexity index is 1350. The Labute approximate surface area is 472 Å². The van der Waals surface area contributed by atoms with Gasteiger partial charge >= 0.3 is 0 Å². The van der Waals surface area contributed by atoms with E-state index in [4.69, 9.17) is 0 Å². The van der Waals surface area contributed by atoms with E-state index in [1.165, 1.54) is 63.4 Å². The highest BCUT2D eigenvalue weighted by molar-refractivity contribution is 5.21. The molecule has 1 rings (SSSR count). The lowest BCUT2D eigenvalue weighted by Gasteiger charge is -2.38. The fourth-order valence-corrected chi connectivity index (χ4v) is 6.74. The number of nitrogens with one attached hydrogen (secondary N) is 3. The first-order valence-corrected chi connectivity index (χ1v) is 28.7. The Morgan fingerprint density at radius 3 is 1.41 bits per heavy atom. The van der Waals surface area contributed by atoms with Gasteiger partial charge in [0, 0.05) is 18.3 Å². The van der Waals surface area contributed by atoms with E-state index in [0.717, 1.165) is 48.0 Å². The van der Waals surface area contributed by atoms with Crippen LogP contribution in [-0.2, 0) is 0 Å². The van der Waals surface area contributed by atoms with Crippen LogP contribution in [0.3, 0.4) is 0 Å². The third kappa shape index (κ3) is 68.3. The van der Waals surface area contributed by atoms with Crippen LogP contribution >= 0.6 is 0 Å². The number of terminal acetylenes is 1. The molecule has 0 bridgehead atoms. The lowest BCUT2D eigenvalue weighted by atomic mass is 9.83. The Hall–Kier alpha value is -3.68. The average Bonchev–Trinajstić information content (AvgIpc) is 3.59. The summed E-state index contributed by atoms with van der Waals surface area (Å²) in [6, 6.07) is 0.806. The normalized spacial score (nSPS) is 13.0. The van der Waals surface area contributed by atoms with E-state index in [-0.39, 0.29) is 30.3 Å². The first-order valence-electron chi connectivity index (χ1n) is 28.7. The lowest BCUT2D eigenvalue weighted by Crippen LogP contribution is -2.51. The van der Waals surface area contributed by atoms with Gasteiger partial charge in [-0.1, -0.05) is 245 Å². The first kappa shape index (κ1) is 96.0. The quantitative estimate of drug-likeness (QED) is 0.0609. The van der Waals surface area contributed by atoms with Crippen molar-refractivity contribution in [3.63, 3.8) is 0 Å². The molecular formula is C70H142N4. The number of hydrogen-bond acceptors (Lipinski definition) is 4. The Morgan fingerprint density at radius 2 is 1.11 bits per heavy atom. The van der Waals surface area contributed by atoms with Gasteiger partial charge in [-0.15, -0.1) is 39.2 Å². The van der Waals surface area contributed by atoms with Gasteiger partial charge in [0.15, 0.2) is 0 Å². The molecule has 0 aromatic heterocycles. The van der Waals surface area contributed by atoms with Gasteiger partial charge in [-0.2, -0.15) is 0 Å². The zero-order valence-electron chi connectivity index (χ0n) is 55.2. The standard InChI is InChI=1S/C18H37N3.C18H33N.C13H22.2C4H8.4C2H6.C2H4.C2H2.CH4/c1-13(2)16(18(7,8)9)20-14(3)19-15(12-21(10)11)17(4,5)6;1-9-14(5)12-16(7)17(8)19-18(11-13(3)4)15(6)10-2;1-3-5-9-13-11-8-6-7-10-12(13)4-2;1-4(2)3;1-3-4-2;6*1-2;/h15-16,19-20H,1,3,12H2,2,4-11H3;10,13-14,16,18-19H,2,6,8-9,11-12H2,1,3-5,7H3;3,5H,4,6-11H2,1-2H3;1H2,2-3H3;3H,1,4H2,2H3;4*1-2H3;1-2H2;1-2H;1H4/b;;5-3-;;;;;;;;;. The van der Waals surface area contributed by atoms with Crippen LogP contribution in [0.4, 0.5) is 0 Å². The minimum absolute atomic E-state index is 0. The Balaban J connectivity index is -0.0000000761. The molecule has 442 valence electrons. The second-order valence-electron chi connectivity index (χ2n) is 20.7. The van der Waals surface area contributed by atoms with Crippen LogP contribution in [0.1, 0.15) is 251 Å². The zero-order chi connectivity index (χ0) is 60.5. The van der Waals surface area contributed by atoms with Crippen LogP contribution in [0.15, 0.2) is 123 Å². The van der Waals surface area contributed by atoms with Crippen molar-refractivity contribution in [2.24, 2.45) is 28.6 Å². The molecule has 1 aliphatic carbocycles. The van der Waals surface area contributed by atoms with Crippen molar-refractivity contribution in [3.05, 3.63) is 123 Å². The summed E-state index contributed by atoms with van der Waals surface area (Å²) < 4.78 is 0. The maximum Gasteiger partial charge on any atom is 0.0920 e. The predicted octanol–water partition coefficient (Wildman–Crippen LogP) is 22.5. The fourth-order valence-electron chi connectivity index (χ4n) is 6.74. The molecule has 4 nitrogen and oxygen atoms in total. The molecule has 0 spiro atoms. The summed E-state index contributed by atoms with van der Waals surface area (Å²) >= 11 is 0. The third-order valence-electron chi connectivity index (χ3n) is 10.7. The largest absolute Gasteiger partial charge is 0.382 e. The Kier molecular flexibility index (Phi) is 87.4. The molecule has 0 saturated carbocycles. The summed E-state index contributed by atoms with van der Waals surface area (Å²) in [4.78, 5) is 2.20. The van der Waals surface area contributed by atoms with Gasteiger partial charge < -0.3 is 20.9 Å². The highest BCUT2D eigenvalue weighted by Gasteiger charge is 2.29. The summed E-state index contributed by atoms with van der Waals surface area (Å²) in [5.41, 5.74) is 8.24. The first-order chi connectivity index (χ1) is 34.1. The van der Waals surface area contributed by atoms with Crippen molar-refractivity contribution in [2.45, 2.75) is 269 Å². The second-order valence-corrected chi connectivity index (χ2v) is 20.7. The number of nitrogens with zero attached hydrogens (tertiary/aromatic N) is 1. The maximum absolute atomic E-state index is 4.22. The fraction of sp³-hybridized carbons (Fsp3) is 0.686. The number of allylic oxidation sites excluding steroid dienone is 7. The summed E-state index contributed by atoms with van der Waals surface area (Å²) in [6.45, 7) is 87.6. The van der Waals surface area contributed by atoms with Crippen LogP contribution in [0.5, 0.6) is 0 Å². The van der Waals surface area contributed by atoms with Crippen molar-refractivity contribution < 1.29 is 0 Å². The predicted molar refractivity (Wildman–Crippen MR) is 357 cm³/mol. The molecule has 5 atom stereocenters. The molecule has 0 amide bonds. The molecule has 4 heteroatoms. The monoisotopic (exact) mass is 1040 g/mol. The number of rotatable bonds is 21. The van der Waals surface area contributed by atoms with E-state index in [1.807, 2.05) is 81.4 Å². The Morgan fingerprint density at radius 1 is 0.689 bits per heavy atom. The number of likely N-dealkylation sites (N-methyl/N-ethyl adjacent to an activating group) is 1. The topological polar surface area (TPSA) is 39.3 Å². The van der Waals surface area contributed by atoms with Gasteiger partial charge in [0.2, 0.25) is 0 Å². The SMILES string of the molecule is C.C#C.C/C=C\CC1=C(CC)CCCCC1.C=C.C=C(C)C.C=C(NC(CN(C)C)C(C)(C)C)NC(C(=C)C)C(C)(C)C.C=CC(=C)C(CC(C)C)NC(=C)C(C)CC(C)CC.C=CCC.CC.CC.CC.CC. The van der Waals surface area contributed by atoms with Gasteiger partial charge in [-0.05, 0) is 134 Å². The molecule has 1 aliphatic rings. The summed E-state index contributed by atoms with van der Waals surface area (Å²) in [6.07, 6.45) is 30.2. The lowest BCUT2D eigenvalue weighted by molar-refractivity contribution is 0.216. The highest BCUT2D eigenvalue weighted by atomic mass is 15.2. The molecule has 5 unspecified atom stereocenters. The van der Waals surface area contributed by atoms with Gasteiger partial charge in [0.05, 0.1) is 17.9 Å². The average molecular weight is 1040 g/mol. The molecule has 0 aliphatic heterocycles. The van der Waals surface area contributed by atoms with Gasteiger partial charge in [-0.3, -0.25) is 0 Å². The van der Waals surface area contributed by atoms with Crippen LogP contribution in [0.25, 0.3) is 0 Å². The van der Waals surface area contributed by atoms with E-state index in [1.54, 1.807) is 11.1 Å². The zero-order valence-corrected chi connectivity index (χ0v) is 55.2. The van der Waals surface area contributed by atoms with Gasteiger partial charge in [0.1, 0.15) is 0 Å². The third-order valence-corrected chi connectivity index (χ3v) is 10.7. The molecule has 0 fully saturated rings. The summed E-state index contributed by atoms with van der Waals surface area (Å²) in [7, 11) is 4.20. The van der Waals surface area contributed by atoms with Crippen molar-refractivity contribution in [1.29, 1.82) is 0 Å². The molecule has 0 heterocycles. The van der Waals surface area contributed by atoms with Crippen molar-refractivity contribution in [1.82, 2.24) is 20.9 Å². The molecule has 3 N–H and O–H groups in total.